The molecule has 0 amide bonds. The Hall–Kier alpha value is -1.84. The van der Waals surface area contributed by atoms with Gasteiger partial charge < -0.3 is 0 Å². The van der Waals surface area contributed by atoms with Gasteiger partial charge in [-0.25, -0.2) is 9.07 Å². The van der Waals surface area contributed by atoms with Gasteiger partial charge in [0.15, 0.2) is 0 Å². The van der Waals surface area contributed by atoms with Gasteiger partial charge >= 0.3 is 0 Å². The van der Waals surface area contributed by atoms with Crippen molar-refractivity contribution in [1.29, 1.82) is 0 Å². The third-order valence-corrected chi connectivity index (χ3v) is 2.67. The fourth-order valence-electron chi connectivity index (χ4n) is 1.71. The lowest BCUT2D eigenvalue weighted by Gasteiger charge is -2.02. The Morgan fingerprint density at radius 2 is 2.06 bits per heavy atom. The van der Waals surface area contributed by atoms with Crippen molar-refractivity contribution in [1.82, 2.24) is 9.78 Å². The predicted octanol–water partition coefficient (Wildman–Crippen LogP) is 2.18. The largest absolute Gasteiger partial charge is 0.295 e. The van der Waals surface area contributed by atoms with E-state index in [0.717, 1.165) is 12.1 Å². The van der Waals surface area contributed by atoms with Crippen molar-refractivity contribution in [3.05, 3.63) is 51.7 Å². The number of rotatable bonds is 2. The van der Waals surface area contributed by atoms with Gasteiger partial charge in [-0.3, -0.25) is 9.89 Å². The van der Waals surface area contributed by atoms with Crippen LogP contribution >= 0.6 is 0 Å². The van der Waals surface area contributed by atoms with Crippen LogP contribution in [0.1, 0.15) is 18.2 Å². The van der Waals surface area contributed by atoms with Gasteiger partial charge in [0.1, 0.15) is 11.5 Å². The van der Waals surface area contributed by atoms with Crippen molar-refractivity contribution in [2.45, 2.75) is 20.3 Å². The topological polar surface area (TPSA) is 37.8 Å². The van der Waals surface area contributed by atoms with Crippen molar-refractivity contribution in [2.24, 2.45) is 0 Å². The highest BCUT2D eigenvalue weighted by atomic mass is 19.1. The number of nitrogens with zero attached hydrogens (tertiary/aromatic N) is 1. The first-order valence-electron chi connectivity index (χ1n) is 5.20. The lowest BCUT2D eigenvalue weighted by atomic mass is 10.2. The number of hydrogen-bond acceptors (Lipinski definition) is 1. The highest BCUT2D eigenvalue weighted by molar-refractivity contribution is 5.34. The van der Waals surface area contributed by atoms with Crippen molar-refractivity contribution in [2.75, 3.05) is 0 Å². The minimum absolute atomic E-state index is 0.193. The average Bonchev–Trinajstić information content (AvgIpc) is 2.57. The monoisotopic (exact) mass is 220 g/mol. The molecule has 0 bridgehead atoms. The molecule has 0 atom stereocenters. The molecule has 0 aliphatic rings. The van der Waals surface area contributed by atoms with Gasteiger partial charge in [0.25, 0.3) is 5.56 Å². The number of aryl methyl sites for hydroxylation is 1. The van der Waals surface area contributed by atoms with Crippen molar-refractivity contribution in [3.63, 3.8) is 0 Å². The molecule has 1 N–H and O–H groups in total. The minimum atomic E-state index is -0.409. The van der Waals surface area contributed by atoms with E-state index in [-0.39, 0.29) is 11.2 Å². The number of aromatic amines is 1. The Bertz CT molecular complexity index is 569. The van der Waals surface area contributed by atoms with Crippen molar-refractivity contribution >= 4 is 0 Å². The molecule has 84 valence electrons. The van der Waals surface area contributed by atoms with Gasteiger partial charge in [-0.2, -0.15) is 0 Å². The Morgan fingerprint density at radius 3 is 2.62 bits per heavy atom. The molecule has 0 fully saturated rings. The second-order valence-corrected chi connectivity index (χ2v) is 3.66. The Balaban J connectivity index is 2.66. The van der Waals surface area contributed by atoms with E-state index >= 15 is 0 Å². The number of halogens is 1. The van der Waals surface area contributed by atoms with E-state index in [9.17, 15) is 9.18 Å². The van der Waals surface area contributed by atoms with Gasteiger partial charge in [0.05, 0.1) is 0 Å². The molecule has 0 radical (unpaired) electrons. The van der Waals surface area contributed by atoms with Gasteiger partial charge in [0, 0.05) is 11.3 Å². The first-order valence-corrected chi connectivity index (χ1v) is 5.20. The zero-order valence-electron chi connectivity index (χ0n) is 9.25. The maximum Gasteiger partial charge on any atom is 0.274 e. The summed E-state index contributed by atoms with van der Waals surface area (Å²) in [7, 11) is 0. The second kappa shape index (κ2) is 3.96. The number of nitrogens with one attached hydrogen (secondary N) is 1. The highest BCUT2D eigenvalue weighted by Gasteiger charge is 2.12. The molecule has 0 aliphatic carbocycles. The molecule has 1 heterocycles. The number of hydrogen-bond donors (Lipinski definition) is 1. The fraction of sp³-hybridized carbons (Fsp3) is 0.250. The van der Waals surface area contributed by atoms with E-state index in [1.165, 1.54) is 10.7 Å². The minimum Gasteiger partial charge on any atom is -0.295 e. The Kier molecular flexibility index (Phi) is 2.64. The molecule has 0 unspecified atom stereocenters. The molecule has 4 heteroatoms. The van der Waals surface area contributed by atoms with Crippen LogP contribution < -0.4 is 5.56 Å². The molecule has 2 rings (SSSR count). The maximum absolute atomic E-state index is 13.5. The van der Waals surface area contributed by atoms with E-state index in [1.807, 2.05) is 6.92 Å². The van der Waals surface area contributed by atoms with Crippen LogP contribution in [0.15, 0.2) is 29.1 Å². The van der Waals surface area contributed by atoms with E-state index in [0.29, 0.717) is 5.56 Å². The van der Waals surface area contributed by atoms with Crippen LogP contribution in [0.5, 0.6) is 0 Å². The third kappa shape index (κ3) is 1.56. The number of benzene rings is 1. The van der Waals surface area contributed by atoms with Crippen LogP contribution in [0, 0.1) is 12.7 Å². The standard InChI is InChI=1S/C12H13FN2O/c1-3-10-8(2)12(16)15(14-10)11-7-5-4-6-9(11)13/h4-7,14H,3H2,1-2H3. The summed E-state index contributed by atoms with van der Waals surface area (Å²) in [5, 5.41) is 2.92. The first-order chi connectivity index (χ1) is 7.65. The van der Waals surface area contributed by atoms with Gasteiger partial charge in [-0.1, -0.05) is 19.1 Å². The molecule has 0 saturated heterocycles. The summed E-state index contributed by atoms with van der Waals surface area (Å²) >= 11 is 0. The van der Waals surface area contributed by atoms with Crippen LogP contribution in [-0.2, 0) is 6.42 Å². The van der Waals surface area contributed by atoms with Gasteiger partial charge in [0.2, 0.25) is 0 Å². The SMILES string of the molecule is CCc1[nH]n(-c2ccccc2F)c(=O)c1C. The molecule has 0 saturated carbocycles. The van der Waals surface area contributed by atoms with E-state index < -0.39 is 5.82 Å². The second-order valence-electron chi connectivity index (χ2n) is 3.66. The van der Waals surface area contributed by atoms with Gasteiger partial charge in [-0.15, -0.1) is 0 Å². The lowest BCUT2D eigenvalue weighted by Crippen LogP contribution is -2.16. The van der Waals surface area contributed by atoms with Crippen molar-refractivity contribution < 1.29 is 4.39 Å². The molecule has 2 aromatic rings. The third-order valence-electron chi connectivity index (χ3n) is 2.67. The number of H-pyrrole nitrogens is 1. The van der Waals surface area contributed by atoms with Crippen LogP contribution in [-0.4, -0.2) is 9.78 Å². The summed E-state index contributed by atoms with van der Waals surface area (Å²) in [6.45, 7) is 3.69. The summed E-state index contributed by atoms with van der Waals surface area (Å²) < 4.78 is 14.8. The molecule has 0 aliphatic heterocycles. The molecule has 16 heavy (non-hydrogen) atoms. The summed E-state index contributed by atoms with van der Waals surface area (Å²) in [6.07, 6.45) is 0.725. The molecule has 3 nitrogen and oxygen atoms in total. The van der Waals surface area contributed by atoms with Gasteiger partial charge in [-0.05, 0) is 25.5 Å². The maximum atomic E-state index is 13.5. The van der Waals surface area contributed by atoms with Crippen LogP contribution in [0.25, 0.3) is 5.69 Å². The predicted molar refractivity (Wildman–Crippen MR) is 60.5 cm³/mol. The zero-order valence-corrected chi connectivity index (χ0v) is 9.25. The average molecular weight is 220 g/mol. The van der Waals surface area contributed by atoms with E-state index in [2.05, 4.69) is 5.10 Å². The molecule has 1 aromatic heterocycles. The molecular formula is C12H13FN2O. The number of para-hydroxylation sites is 1. The first kappa shape index (κ1) is 10.7. The Labute approximate surface area is 92.5 Å². The van der Waals surface area contributed by atoms with Crippen LogP contribution in [0.3, 0.4) is 0 Å². The summed E-state index contributed by atoms with van der Waals surface area (Å²) in [5.74, 6) is -0.409. The zero-order chi connectivity index (χ0) is 11.7. The fourth-order valence-corrected chi connectivity index (χ4v) is 1.71. The highest BCUT2D eigenvalue weighted by Crippen LogP contribution is 2.11. The normalized spacial score (nSPS) is 10.7. The summed E-state index contributed by atoms with van der Waals surface area (Å²) in [6, 6.07) is 6.21. The molecule has 0 spiro atoms. The van der Waals surface area contributed by atoms with Crippen LogP contribution in [0.2, 0.25) is 0 Å². The van der Waals surface area contributed by atoms with Crippen LogP contribution in [0.4, 0.5) is 4.39 Å². The summed E-state index contributed by atoms with van der Waals surface area (Å²) in [4.78, 5) is 11.9. The quantitative estimate of drug-likeness (QED) is 0.827. The Morgan fingerprint density at radius 1 is 1.38 bits per heavy atom. The summed E-state index contributed by atoms with van der Waals surface area (Å²) in [5.41, 5.74) is 1.55. The molecule has 1 aromatic carbocycles. The van der Waals surface area contributed by atoms with E-state index in [4.69, 9.17) is 0 Å². The number of aromatic nitrogens is 2. The molecular weight excluding hydrogens is 207 g/mol. The smallest absolute Gasteiger partial charge is 0.274 e. The van der Waals surface area contributed by atoms with Crippen molar-refractivity contribution in [3.8, 4) is 5.69 Å². The van der Waals surface area contributed by atoms with E-state index in [1.54, 1.807) is 25.1 Å². The lowest BCUT2D eigenvalue weighted by molar-refractivity contribution is 0.607.